The first kappa shape index (κ1) is 15.6. The second kappa shape index (κ2) is 6.52. The standard InChI is InChI=1S/C20H23N3S/c1-14(2)15-6-8-16(9-7-15)17-12-24-20-18(17)19(21-13-22-20)23-10-4-3-5-11-23/h6-9,12-14H,3-5,10-11H2,1-2H3. The van der Waals surface area contributed by atoms with Gasteiger partial charge < -0.3 is 4.90 Å². The molecule has 3 nitrogen and oxygen atoms in total. The number of benzene rings is 1. The Balaban J connectivity index is 1.81. The maximum Gasteiger partial charge on any atom is 0.141 e. The second-order valence-electron chi connectivity index (χ2n) is 6.85. The van der Waals surface area contributed by atoms with Crippen molar-refractivity contribution in [3.8, 4) is 11.1 Å². The molecule has 1 aliphatic heterocycles. The van der Waals surface area contributed by atoms with Gasteiger partial charge in [-0.25, -0.2) is 9.97 Å². The fourth-order valence-corrected chi connectivity index (χ4v) is 4.38. The molecule has 0 spiro atoms. The minimum absolute atomic E-state index is 0.561. The molecule has 124 valence electrons. The van der Waals surface area contributed by atoms with Crippen molar-refractivity contribution in [1.82, 2.24) is 9.97 Å². The predicted octanol–water partition coefficient (Wildman–Crippen LogP) is 5.47. The van der Waals surface area contributed by atoms with Crippen LogP contribution in [-0.4, -0.2) is 23.1 Å². The Hall–Kier alpha value is -1.94. The van der Waals surface area contributed by atoms with Gasteiger partial charge in [-0.3, -0.25) is 0 Å². The van der Waals surface area contributed by atoms with Gasteiger partial charge in [0.15, 0.2) is 0 Å². The largest absolute Gasteiger partial charge is 0.356 e. The lowest BCUT2D eigenvalue weighted by atomic mass is 9.99. The molecule has 0 atom stereocenters. The topological polar surface area (TPSA) is 29.0 Å². The van der Waals surface area contributed by atoms with Gasteiger partial charge in [0.25, 0.3) is 0 Å². The summed E-state index contributed by atoms with van der Waals surface area (Å²) in [5.41, 5.74) is 3.91. The number of nitrogens with zero attached hydrogens (tertiary/aromatic N) is 3. The third kappa shape index (κ3) is 2.80. The molecular weight excluding hydrogens is 314 g/mol. The minimum Gasteiger partial charge on any atom is -0.356 e. The van der Waals surface area contributed by atoms with Crippen LogP contribution in [0.15, 0.2) is 36.0 Å². The Labute approximate surface area is 147 Å². The van der Waals surface area contributed by atoms with Crippen LogP contribution in [0.25, 0.3) is 21.3 Å². The molecule has 4 rings (SSSR count). The van der Waals surface area contributed by atoms with Gasteiger partial charge in [0, 0.05) is 24.0 Å². The Morgan fingerprint density at radius 3 is 2.46 bits per heavy atom. The molecule has 0 N–H and O–H groups in total. The number of hydrogen-bond acceptors (Lipinski definition) is 4. The van der Waals surface area contributed by atoms with E-state index in [4.69, 9.17) is 0 Å². The van der Waals surface area contributed by atoms with Crippen LogP contribution in [0.2, 0.25) is 0 Å². The highest BCUT2D eigenvalue weighted by Gasteiger charge is 2.19. The van der Waals surface area contributed by atoms with Crippen molar-refractivity contribution in [3.05, 3.63) is 41.5 Å². The highest BCUT2D eigenvalue weighted by molar-refractivity contribution is 7.17. The molecular formula is C20H23N3S. The van der Waals surface area contributed by atoms with Crippen LogP contribution in [0.1, 0.15) is 44.6 Å². The van der Waals surface area contributed by atoms with Crippen LogP contribution in [0.4, 0.5) is 5.82 Å². The number of thiophene rings is 1. The predicted molar refractivity (Wildman–Crippen MR) is 103 cm³/mol. The van der Waals surface area contributed by atoms with E-state index in [9.17, 15) is 0 Å². The van der Waals surface area contributed by atoms with E-state index in [2.05, 4.69) is 58.4 Å². The molecule has 3 heterocycles. The van der Waals surface area contributed by atoms with E-state index >= 15 is 0 Å². The summed E-state index contributed by atoms with van der Waals surface area (Å²) in [5, 5.41) is 3.46. The fraction of sp³-hybridized carbons (Fsp3) is 0.400. The summed E-state index contributed by atoms with van der Waals surface area (Å²) in [7, 11) is 0. The first-order valence-electron chi connectivity index (χ1n) is 8.81. The molecule has 1 aliphatic rings. The number of aromatic nitrogens is 2. The molecule has 0 saturated carbocycles. The number of piperidine rings is 1. The zero-order chi connectivity index (χ0) is 16.5. The van der Waals surface area contributed by atoms with E-state index in [1.807, 2.05) is 0 Å². The smallest absolute Gasteiger partial charge is 0.141 e. The molecule has 1 saturated heterocycles. The molecule has 4 heteroatoms. The molecule has 0 radical (unpaired) electrons. The lowest BCUT2D eigenvalue weighted by Gasteiger charge is -2.28. The minimum atomic E-state index is 0.561. The lowest BCUT2D eigenvalue weighted by molar-refractivity contribution is 0.574. The van der Waals surface area contributed by atoms with Crippen molar-refractivity contribution in [2.75, 3.05) is 18.0 Å². The molecule has 2 aromatic heterocycles. The van der Waals surface area contributed by atoms with Crippen molar-refractivity contribution in [3.63, 3.8) is 0 Å². The maximum atomic E-state index is 4.66. The summed E-state index contributed by atoms with van der Waals surface area (Å²) in [6.45, 7) is 6.68. The molecule has 24 heavy (non-hydrogen) atoms. The van der Waals surface area contributed by atoms with E-state index in [1.165, 1.54) is 41.3 Å². The van der Waals surface area contributed by atoms with Gasteiger partial charge in [-0.2, -0.15) is 0 Å². The first-order chi connectivity index (χ1) is 11.7. The monoisotopic (exact) mass is 337 g/mol. The van der Waals surface area contributed by atoms with Gasteiger partial charge >= 0.3 is 0 Å². The first-order valence-corrected chi connectivity index (χ1v) is 9.69. The zero-order valence-electron chi connectivity index (χ0n) is 14.3. The highest BCUT2D eigenvalue weighted by Crippen LogP contribution is 2.38. The van der Waals surface area contributed by atoms with Crippen molar-refractivity contribution in [2.45, 2.75) is 39.0 Å². The van der Waals surface area contributed by atoms with E-state index in [1.54, 1.807) is 17.7 Å². The lowest BCUT2D eigenvalue weighted by Crippen LogP contribution is -2.30. The number of anilines is 1. The van der Waals surface area contributed by atoms with Gasteiger partial charge in [-0.15, -0.1) is 11.3 Å². The van der Waals surface area contributed by atoms with Crippen molar-refractivity contribution >= 4 is 27.4 Å². The molecule has 0 unspecified atom stereocenters. The van der Waals surface area contributed by atoms with Crippen molar-refractivity contribution in [2.24, 2.45) is 0 Å². The Kier molecular flexibility index (Phi) is 4.23. The number of hydrogen-bond donors (Lipinski definition) is 0. The fourth-order valence-electron chi connectivity index (χ4n) is 3.46. The summed E-state index contributed by atoms with van der Waals surface area (Å²) >= 11 is 1.72. The normalized spacial score (nSPS) is 15.4. The van der Waals surface area contributed by atoms with E-state index < -0.39 is 0 Å². The van der Waals surface area contributed by atoms with Crippen molar-refractivity contribution < 1.29 is 0 Å². The van der Waals surface area contributed by atoms with Gasteiger partial charge in [0.1, 0.15) is 17.0 Å². The molecule has 1 fully saturated rings. The summed E-state index contributed by atoms with van der Waals surface area (Å²) in [6, 6.07) is 8.97. The maximum absolute atomic E-state index is 4.66. The Morgan fingerprint density at radius 1 is 1.00 bits per heavy atom. The number of rotatable bonds is 3. The quantitative estimate of drug-likeness (QED) is 0.634. The van der Waals surface area contributed by atoms with E-state index in [0.717, 1.165) is 23.7 Å². The average Bonchev–Trinajstić information content (AvgIpc) is 3.06. The molecule has 0 bridgehead atoms. The Bertz CT molecular complexity index is 830. The summed E-state index contributed by atoms with van der Waals surface area (Å²) in [4.78, 5) is 12.7. The van der Waals surface area contributed by atoms with Crippen LogP contribution in [0.5, 0.6) is 0 Å². The highest BCUT2D eigenvalue weighted by atomic mass is 32.1. The number of fused-ring (bicyclic) bond motifs is 1. The van der Waals surface area contributed by atoms with Crippen LogP contribution in [0.3, 0.4) is 0 Å². The van der Waals surface area contributed by atoms with Gasteiger partial charge in [-0.05, 0) is 36.3 Å². The van der Waals surface area contributed by atoms with Crippen LogP contribution in [0, 0.1) is 0 Å². The Morgan fingerprint density at radius 2 is 1.75 bits per heavy atom. The second-order valence-corrected chi connectivity index (χ2v) is 7.71. The van der Waals surface area contributed by atoms with Gasteiger partial charge in [0.05, 0.1) is 5.39 Å². The van der Waals surface area contributed by atoms with Gasteiger partial charge in [-0.1, -0.05) is 38.1 Å². The van der Waals surface area contributed by atoms with E-state index in [-0.39, 0.29) is 0 Å². The zero-order valence-corrected chi connectivity index (χ0v) is 15.1. The average molecular weight is 337 g/mol. The molecule has 0 amide bonds. The molecule has 3 aromatic rings. The van der Waals surface area contributed by atoms with Crippen LogP contribution < -0.4 is 4.90 Å². The third-order valence-corrected chi connectivity index (χ3v) is 5.78. The molecule has 1 aromatic carbocycles. The third-order valence-electron chi connectivity index (χ3n) is 4.89. The molecule has 0 aliphatic carbocycles. The van der Waals surface area contributed by atoms with Crippen LogP contribution in [-0.2, 0) is 0 Å². The summed E-state index contributed by atoms with van der Waals surface area (Å²) < 4.78 is 0. The van der Waals surface area contributed by atoms with Crippen molar-refractivity contribution in [1.29, 1.82) is 0 Å². The van der Waals surface area contributed by atoms with Gasteiger partial charge in [0.2, 0.25) is 0 Å². The van der Waals surface area contributed by atoms with Crippen LogP contribution >= 0.6 is 11.3 Å². The van der Waals surface area contributed by atoms with E-state index in [0.29, 0.717) is 5.92 Å². The summed E-state index contributed by atoms with van der Waals surface area (Å²) in [6.07, 6.45) is 5.56. The SMILES string of the molecule is CC(C)c1ccc(-c2csc3ncnc(N4CCCCC4)c23)cc1. The summed E-state index contributed by atoms with van der Waals surface area (Å²) in [5.74, 6) is 1.68.